The van der Waals surface area contributed by atoms with Crippen LogP contribution in [0.2, 0.25) is 0 Å². The largest absolute Gasteiger partial charge is 0.453 e. The van der Waals surface area contributed by atoms with Gasteiger partial charge >= 0.3 is 6.09 Å². The molecule has 14 heavy (non-hydrogen) atoms. The molecule has 1 aromatic rings. The fourth-order valence-electron chi connectivity index (χ4n) is 0.853. The van der Waals surface area contributed by atoms with Crippen LogP contribution in [0.5, 0.6) is 0 Å². The van der Waals surface area contributed by atoms with Crippen LogP contribution in [-0.4, -0.2) is 18.4 Å². The number of carbonyl (C=O) groups is 2. The van der Waals surface area contributed by atoms with Gasteiger partial charge in [-0.05, 0) is 35.9 Å². The first-order valence-corrected chi connectivity index (χ1v) is 4.16. The maximum Gasteiger partial charge on any atom is 0.411 e. The van der Waals surface area contributed by atoms with Gasteiger partial charge in [0.2, 0.25) is 0 Å². The maximum atomic E-state index is 10.8. The second-order valence-electron chi connectivity index (χ2n) is 2.47. The van der Waals surface area contributed by atoms with E-state index in [2.05, 4.69) is 10.1 Å². The number of hydrogen-bond acceptors (Lipinski definition) is 3. The molecule has 0 aliphatic heterocycles. The molecule has 1 aromatic carbocycles. The van der Waals surface area contributed by atoms with E-state index in [9.17, 15) is 9.59 Å². The fraction of sp³-hybridized carbons (Fsp3) is 0.111. The molecule has 0 radical (unpaired) electrons. The number of hydrogen-bond donors (Lipinski definition) is 1. The molecule has 1 N–H and O–H groups in total. The van der Waals surface area contributed by atoms with E-state index >= 15 is 0 Å². The van der Waals surface area contributed by atoms with Crippen molar-refractivity contribution in [1.29, 1.82) is 0 Å². The van der Waals surface area contributed by atoms with Gasteiger partial charge < -0.3 is 4.74 Å². The lowest BCUT2D eigenvalue weighted by molar-refractivity contribution is 0.108. The molecule has 0 unspecified atom stereocenters. The molecule has 74 valence electrons. The zero-order valence-corrected chi connectivity index (χ0v) is 8.17. The predicted molar refractivity (Wildman–Crippen MR) is 52.7 cm³/mol. The lowest BCUT2D eigenvalue weighted by Crippen LogP contribution is -2.10. The van der Waals surface area contributed by atoms with Crippen LogP contribution >= 0.6 is 11.6 Å². The van der Waals surface area contributed by atoms with Crippen LogP contribution in [0.4, 0.5) is 10.5 Å². The van der Waals surface area contributed by atoms with E-state index in [0.717, 1.165) is 0 Å². The summed E-state index contributed by atoms with van der Waals surface area (Å²) in [6.07, 6.45) is -0.560. The second kappa shape index (κ2) is 4.62. The second-order valence-corrected chi connectivity index (χ2v) is 2.81. The number of benzene rings is 1. The Hall–Kier alpha value is -1.55. The van der Waals surface area contributed by atoms with E-state index in [4.69, 9.17) is 11.6 Å². The van der Waals surface area contributed by atoms with E-state index < -0.39 is 11.3 Å². The van der Waals surface area contributed by atoms with Crippen LogP contribution in [0.1, 0.15) is 10.4 Å². The molecule has 0 aliphatic rings. The van der Waals surface area contributed by atoms with E-state index in [1.807, 2.05) is 0 Å². The van der Waals surface area contributed by atoms with Crippen LogP contribution in [-0.2, 0) is 4.74 Å². The number of nitrogens with one attached hydrogen (secondary N) is 1. The minimum atomic E-state index is -0.560. The van der Waals surface area contributed by atoms with Crippen LogP contribution < -0.4 is 5.32 Å². The Bertz CT molecular complexity index is 348. The van der Waals surface area contributed by atoms with Crippen molar-refractivity contribution in [2.75, 3.05) is 12.4 Å². The number of amides is 1. The molecule has 5 heteroatoms. The van der Waals surface area contributed by atoms with Crippen molar-refractivity contribution in [2.45, 2.75) is 0 Å². The highest BCUT2D eigenvalue weighted by atomic mass is 35.5. The first kappa shape index (κ1) is 10.5. The topological polar surface area (TPSA) is 55.4 Å². The van der Waals surface area contributed by atoms with Crippen LogP contribution in [0, 0.1) is 0 Å². The molecule has 0 bridgehead atoms. The highest BCUT2D eigenvalue weighted by Gasteiger charge is 2.03. The van der Waals surface area contributed by atoms with Crippen molar-refractivity contribution in [3.05, 3.63) is 29.8 Å². The van der Waals surface area contributed by atoms with Crippen LogP contribution in [0.15, 0.2) is 24.3 Å². The summed E-state index contributed by atoms with van der Waals surface area (Å²) in [5.74, 6) is 0. The average Bonchev–Trinajstić information content (AvgIpc) is 2.18. The zero-order valence-electron chi connectivity index (χ0n) is 7.41. The third kappa shape index (κ3) is 2.74. The predicted octanol–water partition coefficient (Wildman–Crippen LogP) is 2.24. The summed E-state index contributed by atoms with van der Waals surface area (Å²) in [4.78, 5) is 21.5. The van der Waals surface area contributed by atoms with Crippen molar-refractivity contribution < 1.29 is 14.3 Å². The van der Waals surface area contributed by atoms with Gasteiger partial charge in [-0.1, -0.05) is 0 Å². The van der Waals surface area contributed by atoms with Gasteiger partial charge in [-0.2, -0.15) is 0 Å². The van der Waals surface area contributed by atoms with Gasteiger partial charge in [0.25, 0.3) is 5.24 Å². The van der Waals surface area contributed by atoms with E-state index in [1.54, 1.807) is 12.1 Å². The van der Waals surface area contributed by atoms with Crippen LogP contribution in [0.25, 0.3) is 0 Å². The minimum absolute atomic E-state index is 0.377. The summed E-state index contributed by atoms with van der Waals surface area (Å²) in [5.41, 5.74) is 0.917. The molecule has 0 saturated heterocycles. The number of methoxy groups -OCH3 is 1. The fourth-order valence-corrected chi connectivity index (χ4v) is 0.979. The number of halogens is 1. The van der Waals surface area contributed by atoms with Crippen LogP contribution in [0.3, 0.4) is 0 Å². The summed E-state index contributed by atoms with van der Waals surface area (Å²) < 4.78 is 4.39. The Morgan fingerprint density at radius 3 is 2.29 bits per heavy atom. The first-order valence-electron chi connectivity index (χ1n) is 3.78. The van der Waals surface area contributed by atoms with Crippen molar-refractivity contribution in [1.82, 2.24) is 0 Å². The molecule has 0 saturated carbocycles. The Morgan fingerprint density at radius 1 is 1.29 bits per heavy atom. The highest BCUT2D eigenvalue weighted by molar-refractivity contribution is 6.67. The summed E-state index contributed by atoms with van der Waals surface area (Å²) >= 11 is 5.24. The van der Waals surface area contributed by atoms with Crippen molar-refractivity contribution in [2.24, 2.45) is 0 Å². The van der Waals surface area contributed by atoms with Crippen molar-refractivity contribution in [3.8, 4) is 0 Å². The molecule has 0 fully saturated rings. The monoisotopic (exact) mass is 213 g/mol. The smallest absolute Gasteiger partial charge is 0.411 e. The molecule has 0 spiro atoms. The number of ether oxygens (including phenoxy) is 1. The Kier molecular flexibility index (Phi) is 3.48. The SMILES string of the molecule is COC(=O)Nc1ccc(C(=O)Cl)cc1. The van der Waals surface area contributed by atoms with E-state index in [0.29, 0.717) is 11.3 Å². The minimum Gasteiger partial charge on any atom is -0.453 e. The Morgan fingerprint density at radius 2 is 1.86 bits per heavy atom. The van der Waals surface area contributed by atoms with Gasteiger partial charge in [0, 0.05) is 11.3 Å². The van der Waals surface area contributed by atoms with Crippen molar-refractivity contribution in [3.63, 3.8) is 0 Å². The molecule has 1 amide bonds. The zero-order chi connectivity index (χ0) is 10.6. The van der Waals surface area contributed by atoms with E-state index in [-0.39, 0.29) is 0 Å². The Labute approximate surface area is 85.8 Å². The lowest BCUT2D eigenvalue weighted by Gasteiger charge is -2.02. The van der Waals surface area contributed by atoms with Gasteiger partial charge in [0.05, 0.1) is 7.11 Å². The normalized spacial score (nSPS) is 9.29. The van der Waals surface area contributed by atoms with Crippen molar-refractivity contribution >= 4 is 28.6 Å². The molecular weight excluding hydrogens is 206 g/mol. The van der Waals surface area contributed by atoms with Gasteiger partial charge in [0.1, 0.15) is 0 Å². The van der Waals surface area contributed by atoms with Gasteiger partial charge in [-0.15, -0.1) is 0 Å². The molecule has 0 heterocycles. The molecule has 0 aromatic heterocycles. The summed E-state index contributed by atoms with van der Waals surface area (Å²) in [5, 5.41) is 1.91. The van der Waals surface area contributed by atoms with Gasteiger partial charge in [0.15, 0.2) is 0 Å². The molecule has 1 rings (SSSR count). The molecular formula is C9H8ClNO3. The summed E-state index contributed by atoms with van der Waals surface area (Å²) in [6.45, 7) is 0. The molecule has 4 nitrogen and oxygen atoms in total. The van der Waals surface area contributed by atoms with Gasteiger partial charge in [-0.3, -0.25) is 10.1 Å². The highest BCUT2D eigenvalue weighted by Crippen LogP contribution is 2.11. The summed E-state index contributed by atoms with van der Waals surface area (Å²) in [7, 11) is 1.27. The maximum absolute atomic E-state index is 10.8. The standard InChI is InChI=1S/C9H8ClNO3/c1-14-9(13)11-7-4-2-6(3-5-7)8(10)12/h2-5H,1H3,(H,11,13). The lowest BCUT2D eigenvalue weighted by atomic mass is 10.2. The molecule has 0 aliphatic carbocycles. The third-order valence-electron chi connectivity index (χ3n) is 1.54. The van der Waals surface area contributed by atoms with E-state index in [1.165, 1.54) is 19.2 Å². The average molecular weight is 214 g/mol. The quantitative estimate of drug-likeness (QED) is 0.767. The van der Waals surface area contributed by atoms with Gasteiger partial charge in [-0.25, -0.2) is 4.79 Å². The summed E-state index contributed by atoms with van der Waals surface area (Å²) in [6, 6.07) is 6.15. The molecule has 0 atom stereocenters. The number of carbonyl (C=O) groups excluding carboxylic acids is 2. The number of anilines is 1. The number of rotatable bonds is 2. The first-order chi connectivity index (χ1) is 6.63. The Balaban J connectivity index is 2.73. The third-order valence-corrected chi connectivity index (χ3v) is 1.76.